The van der Waals surface area contributed by atoms with Crippen LogP contribution in [0.5, 0.6) is 0 Å². The van der Waals surface area contributed by atoms with Crippen LogP contribution in [0.15, 0.2) is 24.3 Å². The van der Waals surface area contributed by atoms with Crippen LogP contribution in [0.3, 0.4) is 0 Å². The van der Waals surface area contributed by atoms with E-state index in [1.165, 1.54) is 5.56 Å². The fourth-order valence-corrected chi connectivity index (χ4v) is 2.37. The number of aliphatic hydroxyl groups excluding tert-OH is 1. The quantitative estimate of drug-likeness (QED) is 0.875. The predicted molar refractivity (Wildman–Crippen MR) is 90.4 cm³/mol. The highest BCUT2D eigenvalue weighted by Crippen LogP contribution is 2.22. The molecular formula is C18H28N2O3. The molecule has 2 rings (SSSR count). The number of rotatable bonds is 5. The fraction of sp³-hybridized carbons (Fsp3) is 0.611. The van der Waals surface area contributed by atoms with E-state index in [2.05, 4.69) is 50.4 Å². The monoisotopic (exact) mass is 320 g/mol. The van der Waals surface area contributed by atoms with Gasteiger partial charge in [-0.3, -0.25) is 0 Å². The number of benzene rings is 1. The second-order valence-electron chi connectivity index (χ2n) is 7.32. The summed E-state index contributed by atoms with van der Waals surface area (Å²) in [6, 6.07) is 8.36. The molecule has 1 aromatic rings. The molecule has 128 valence electrons. The van der Waals surface area contributed by atoms with Crippen molar-refractivity contribution in [1.29, 1.82) is 0 Å². The number of ether oxygens (including phenoxy) is 1. The van der Waals surface area contributed by atoms with Crippen LogP contribution in [0, 0.1) is 0 Å². The molecule has 0 aromatic heterocycles. The van der Waals surface area contributed by atoms with Crippen LogP contribution in [-0.4, -0.2) is 47.9 Å². The highest BCUT2D eigenvalue weighted by Gasteiger charge is 2.31. The average molecular weight is 320 g/mol. The Bertz CT molecular complexity index is 514. The molecule has 1 aliphatic heterocycles. The minimum absolute atomic E-state index is 0.0922. The maximum Gasteiger partial charge on any atom is 0.317 e. The van der Waals surface area contributed by atoms with Gasteiger partial charge in [0.15, 0.2) is 0 Å². The molecule has 1 saturated heterocycles. The molecule has 0 bridgehead atoms. The first-order chi connectivity index (χ1) is 10.8. The molecule has 1 atom stereocenters. The SMILES string of the molecule is C[C@@H](O)CNC(=O)N1CC(OCc2ccc(C(C)(C)C)cc2)C1. The summed E-state index contributed by atoms with van der Waals surface area (Å²) in [5, 5.41) is 11.8. The molecular weight excluding hydrogens is 292 g/mol. The topological polar surface area (TPSA) is 61.8 Å². The van der Waals surface area contributed by atoms with Gasteiger partial charge in [-0.2, -0.15) is 0 Å². The molecule has 0 spiro atoms. The van der Waals surface area contributed by atoms with Crippen molar-refractivity contribution in [3.8, 4) is 0 Å². The van der Waals surface area contributed by atoms with E-state index in [-0.39, 0.29) is 24.1 Å². The van der Waals surface area contributed by atoms with Gasteiger partial charge < -0.3 is 20.1 Å². The molecule has 1 aromatic carbocycles. The zero-order chi connectivity index (χ0) is 17.0. The molecule has 5 heteroatoms. The Morgan fingerprint density at radius 2 is 1.96 bits per heavy atom. The minimum Gasteiger partial charge on any atom is -0.392 e. The number of nitrogens with zero attached hydrogens (tertiary/aromatic N) is 1. The van der Waals surface area contributed by atoms with Gasteiger partial charge in [-0.1, -0.05) is 45.0 Å². The Labute approximate surface area is 138 Å². The lowest BCUT2D eigenvalue weighted by Crippen LogP contribution is -2.58. The zero-order valence-electron chi connectivity index (χ0n) is 14.5. The van der Waals surface area contributed by atoms with E-state index in [1.54, 1.807) is 11.8 Å². The van der Waals surface area contributed by atoms with E-state index < -0.39 is 6.10 Å². The van der Waals surface area contributed by atoms with E-state index in [9.17, 15) is 4.79 Å². The fourth-order valence-electron chi connectivity index (χ4n) is 2.37. The third kappa shape index (κ3) is 5.22. The number of hydrogen-bond donors (Lipinski definition) is 2. The van der Waals surface area contributed by atoms with Gasteiger partial charge in [-0.15, -0.1) is 0 Å². The van der Waals surface area contributed by atoms with E-state index in [0.717, 1.165) is 5.56 Å². The summed E-state index contributed by atoms with van der Waals surface area (Å²) in [4.78, 5) is 13.4. The molecule has 1 heterocycles. The van der Waals surface area contributed by atoms with Crippen molar-refractivity contribution in [3.05, 3.63) is 35.4 Å². The standard InChI is InChI=1S/C18H28N2O3/c1-13(21)9-19-17(22)20-10-16(11-20)23-12-14-5-7-15(8-6-14)18(2,3)4/h5-8,13,16,21H,9-12H2,1-4H3,(H,19,22)/t13-/m1/s1. The van der Waals surface area contributed by atoms with Gasteiger partial charge in [-0.25, -0.2) is 4.79 Å². The summed E-state index contributed by atoms with van der Waals surface area (Å²) in [7, 11) is 0. The van der Waals surface area contributed by atoms with Gasteiger partial charge in [0.25, 0.3) is 0 Å². The van der Waals surface area contributed by atoms with Crippen molar-refractivity contribution in [1.82, 2.24) is 10.2 Å². The molecule has 23 heavy (non-hydrogen) atoms. The van der Waals surface area contributed by atoms with E-state index >= 15 is 0 Å². The Kier molecular flexibility index (Phi) is 5.65. The van der Waals surface area contributed by atoms with Crippen molar-refractivity contribution in [2.24, 2.45) is 0 Å². The van der Waals surface area contributed by atoms with Crippen LogP contribution >= 0.6 is 0 Å². The summed E-state index contributed by atoms with van der Waals surface area (Å²) in [6.07, 6.45) is -0.432. The van der Waals surface area contributed by atoms with E-state index in [4.69, 9.17) is 9.84 Å². The predicted octanol–water partition coefficient (Wildman–Crippen LogP) is 2.28. The first-order valence-corrected chi connectivity index (χ1v) is 8.17. The molecule has 0 unspecified atom stereocenters. The lowest BCUT2D eigenvalue weighted by molar-refractivity contribution is -0.0444. The lowest BCUT2D eigenvalue weighted by atomic mass is 9.87. The number of urea groups is 1. The smallest absolute Gasteiger partial charge is 0.317 e. The van der Waals surface area contributed by atoms with Gasteiger partial charge in [0.2, 0.25) is 0 Å². The molecule has 1 aliphatic rings. The van der Waals surface area contributed by atoms with Gasteiger partial charge >= 0.3 is 6.03 Å². The summed E-state index contributed by atoms with van der Waals surface area (Å²) in [6.45, 7) is 10.3. The minimum atomic E-state index is -0.525. The largest absolute Gasteiger partial charge is 0.392 e. The maximum absolute atomic E-state index is 11.7. The molecule has 2 amide bonds. The molecule has 0 saturated carbocycles. The van der Waals surface area contributed by atoms with Gasteiger partial charge in [-0.05, 0) is 23.5 Å². The summed E-state index contributed by atoms with van der Waals surface area (Å²) < 4.78 is 5.82. The van der Waals surface area contributed by atoms with Crippen LogP contribution in [0.2, 0.25) is 0 Å². The van der Waals surface area contributed by atoms with Crippen molar-refractivity contribution >= 4 is 6.03 Å². The maximum atomic E-state index is 11.7. The first kappa shape index (κ1) is 17.8. The molecule has 5 nitrogen and oxygen atoms in total. The second kappa shape index (κ2) is 7.32. The third-order valence-corrected chi connectivity index (χ3v) is 3.99. The number of likely N-dealkylation sites (tertiary alicyclic amines) is 1. The number of aliphatic hydroxyl groups is 1. The number of hydrogen-bond acceptors (Lipinski definition) is 3. The third-order valence-electron chi connectivity index (χ3n) is 3.99. The van der Waals surface area contributed by atoms with Gasteiger partial charge in [0, 0.05) is 6.54 Å². The number of carbonyl (C=O) groups is 1. The normalized spacial score (nSPS) is 16.8. The summed E-state index contributed by atoms with van der Waals surface area (Å²) in [5.74, 6) is 0. The van der Waals surface area contributed by atoms with Crippen LogP contribution < -0.4 is 5.32 Å². The van der Waals surface area contributed by atoms with Crippen molar-refractivity contribution in [2.75, 3.05) is 19.6 Å². The van der Waals surface area contributed by atoms with Gasteiger partial charge in [0.05, 0.1) is 31.9 Å². The highest BCUT2D eigenvalue weighted by molar-refractivity contribution is 5.75. The lowest BCUT2D eigenvalue weighted by Gasteiger charge is -2.38. The Morgan fingerprint density at radius 1 is 1.35 bits per heavy atom. The molecule has 0 radical (unpaired) electrons. The van der Waals surface area contributed by atoms with Crippen molar-refractivity contribution in [2.45, 2.75) is 51.9 Å². The van der Waals surface area contributed by atoms with Crippen molar-refractivity contribution in [3.63, 3.8) is 0 Å². The van der Waals surface area contributed by atoms with Crippen LogP contribution in [0.1, 0.15) is 38.8 Å². The molecule has 0 aliphatic carbocycles. The van der Waals surface area contributed by atoms with Crippen LogP contribution in [-0.2, 0) is 16.8 Å². The Hall–Kier alpha value is -1.59. The molecule has 2 N–H and O–H groups in total. The number of amides is 2. The summed E-state index contributed by atoms with van der Waals surface area (Å²) >= 11 is 0. The second-order valence-corrected chi connectivity index (χ2v) is 7.32. The Balaban J connectivity index is 1.69. The highest BCUT2D eigenvalue weighted by atomic mass is 16.5. The average Bonchev–Trinajstić information content (AvgIpc) is 2.43. The summed E-state index contributed by atoms with van der Waals surface area (Å²) in [5.41, 5.74) is 2.62. The van der Waals surface area contributed by atoms with Gasteiger partial charge in [0.1, 0.15) is 0 Å². The first-order valence-electron chi connectivity index (χ1n) is 8.17. The number of nitrogens with one attached hydrogen (secondary N) is 1. The van der Waals surface area contributed by atoms with E-state index in [1.807, 2.05) is 0 Å². The van der Waals surface area contributed by atoms with E-state index in [0.29, 0.717) is 19.7 Å². The van der Waals surface area contributed by atoms with Crippen LogP contribution in [0.4, 0.5) is 4.79 Å². The molecule has 1 fully saturated rings. The Morgan fingerprint density at radius 3 is 2.48 bits per heavy atom. The van der Waals surface area contributed by atoms with Crippen molar-refractivity contribution < 1.29 is 14.6 Å². The van der Waals surface area contributed by atoms with Crippen LogP contribution in [0.25, 0.3) is 0 Å². The number of carbonyl (C=O) groups excluding carboxylic acids is 1. The zero-order valence-corrected chi connectivity index (χ0v) is 14.5.